The van der Waals surface area contributed by atoms with E-state index in [2.05, 4.69) is 23.1 Å². The first-order chi connectivity index (χ1) is 7.34. The molecule has 1 aromatic rings. The second kappa shape index (κ2) is 3.24. The molecule has 0 radical (unpaired) electrons. The Hall–Kier alpha value is -1.54. The summed E-state index contributed by atoms with van der Waals surface area (Å²) in [5.74, 6) is 0. The minimum atomic E-state index is -0.442. The highest BCUT2D eigenvalue weighted by molar-refractivity contribution is 5.71. The molecule has 0 aromatic heterocycles. The second-order valence-corrected chi connectivity index (χ2v) is 3.98. The largest absolute Gasteiger partial charge is 0.385 e. The highest BCUT2D eigenvalue weighted by Gasteiger charge is 2.21. The van der Waals surface area contributed by atoms with Crippen LogP contribution < -0.4 is 0 Å². The van der Waals surface area contributed by atoms with E-state index < -0.39 is 6.10 Å². The van der Waals surface area contributed by atoms with Gasteiger partial charge in [0.2, 0.25) is 0 Å². The lowest BCUT2D eigenvalue weighted by atomic mass is 9.94. The number of fused-ring (bicyclic) bond motifs is 3. The van der Waals surface area contributed by atoms with Gasteiger partial charge in [-0.3, -0.25) is 0 Å². The summed E-state index contributed by atoms with van der Waals surface area (Å²) >= 11 is 0. The smallest absolute Gasteiger partial charge is 0.0942 e. The highest BCUT2D eigenvalue weighted by atomic mass is 16.3. The Balaban J connectivity index is 2.12. The summed E-state index contributed by atoms with van der Waals surface area (Å²) in [5.41, 5.74) is 3.78. The zero-order valence-electron chi connectivity index (χ0n) is 8.43. The lowest BCUT2D eigenvalue weighted by Crippen LogP contribution is -2.28. The van der Waals surface area contributed by atoms with Crippen LogP contribution in [0.5, 0.6) is 0 Å². The van der Waals surface area contributed by atoms with Gasteiger partial charge in [0.15, 0.2) is 0 Å². The van der Waals surface area contributed by atoms with Gasteiger partial charge < -0.3 is 10.0 Å². The number of hydrogen-bond acceptors (Lipinski definition) is 2. The summed E-state index contributed by atoms with van der Waals surface area (Å²) in [6.45, 7) is 1.01. The molecule has 0 saturated carbocycles. The second-order valence-electron chi connectivity index (χ2n) is 3.98. The molecule has 1 atom stereocenters. The van der Waals surface area contributed by atoms with Crippen LogP contribution >= 0.6 is 0 Å². The lowest BCUT2D eigenvalue weighted by Gasteiger charge is -2.33. The average molecular weight is 199 g/mol. The van der Waals surface area contributed by atoms with Crippen molar-refractivity contribution in [2.45, 2.75) is 12.5 Å². The van der Waals surface area contributed by atoms with Crippen LogP contribution in [0, 0.1) is 0 Å². The Labute approximate surface area is 89.1 Å². The van der Waals surface area contributed by atoms with Gasteiger partial charge >= 0.3 is 0 Å². The average Bonchev–Trinajstić information content (AvgIpc) is 2.29. The van der Waals surface area contributed by atoms with Crippen molar-refractivity contribution < 1.29 is 5.11 Å². The van der Waals surface area contributed by atoms with Crippen LogP contribution in [-0.2, 0) is 6.42 Å². The Morgan fingerprint density at radius 3 is 3.07 bits per heavy atom. The molecule has 1 N–H and O–H groups in total. The van der Waals surface area contributed by atoms with E-state index in [1.54, 1.807) is 0 Å². The Morgan fingerprint density at radius 1 is 1.27 bits per heavy atom. The molecular weight excluding hydrogens is 186 g/mol. The minimum Gasteiger partial charge on any atom is -0.385 e. The summed E-state index contributed by atoms with van der Waals surface area (Å²) < 4.78 is 0. The maximum atomic E-state index is 9.58. The van der Waals surface area contributed by atoms with Gasteiger partial charge in [0.25, 0.3) is 0 Å². The molecule has 0 spiro atoms. The summed E-state index contributed by atoms with van der Waals surface area (Å²) in [4.78, 5) is 2.20. The van der Waals surface area contributed by atoms with Gasteiger partial charge in [-0.1, -0.05) is 24.3 Å². The normalized spacial score (nSPS) is 23.1. The van der Waals surface area contributed by atoms with Crippen molar-refractivity contribution >= 4 is 5.70 Å². The fourth-order valence-electron chi connectivity index (χ4n) is 2.25. The molecular formula is C13H13NO. The third kappa shape index (κ3) is 1.38. The van der Waals surface area contributed by atoms with Crippen molar-refractivity contribution in [3.8, 4) is 0 Å². The van der Waals surface area contributed by atoms with Gasteiger partial charge in [-0.25, -0.2) is 0 Å². The van der Waals surface area contributed by atoms with Gasteiger partial charge in [-0.2, -0.15) is 0 Å². The summed E-state index contributed by atoms with van der Waals surface area (Å²) in [7, 11) is 0. The fourth-order valence-corrected chi connectivity index (χ4v) is 2.25. The molecule has 0 fully saturated rings. The van der Waals surface area contributed by atoms with Crippen molar-refractivity contribution in [2.75, 3.05) is 6.54 Å². The number of hydrogen-bond donors (Lipinski definition) is 1. The van der Waals surface area contributed by atoms with Gasteiger partial charge in [0.05, 0.1) is 6.10 Å². The number of aliphatic hydroxyl groups excluding tert-OH is 1. The van der Waals surface area contributed by atoms with Gasteiger partial charge in [-0.05, 0) is 24.1 Å². The SMILES string of the molecule is OC1C=CN2CCc3ccccc3C2=C1. The van der Waals surface area contributed by atoms with E-state index in [4.69, 9.17) is 0 Å². The quantitative estimate of drug-likeness (QED) is 0.688. The molecule has 76 valence electrons. The Bertz CT molecular complexity index is 448. The predicted octanol–water partition coefficient (Wildman–Crippen LogP) is 1.77. The van der Waals surface area contributed by atoms with Crippen molar-refractivity contribution in [3.63, 3.8) is 0 Å². The number of nitrogens with zero attached hydrogens (tertiary/aromatic N) is 1. The molecule has 0 bridgehead atoms. The summed E-state index contributed by atoms with van der Waals surface area (Å²) in [6.07, 6.45) is 6.35. The topological polar surface area (TPSA) is 23.5 Å². The number of rotatable bonds is 0. The maximum absolute atomic E-state index is 9.58. The van der Waals surface area contributed by atoms with Crippen LogP contribution in [0.15, 0.2) is 42.6 Å². The molecule has 3 rings (SSSR count). The predicted molar refractivity (Wildman–Crippen MR) is 60.0 cm³/mol. The van der Waals surface area contributed by atoms with Crippen LogP contribution in [0.25, 0.3) is 5.70 Å². The summed E-state index contributed by atoms with van der Waals surface area (Å²) in [6, 6.07) is 8.41. The van der Waals surface area contributed by atoms with E-state index in [-0.39, 0.29) is 0 Å². The van der Waals surface area contributed by atoms with Crippen molar-refractivity contribution in [1.82, 2.24) is 4.90 Å². The van der Waals surface area contributed by atoms with E-state index in [1.165, 1.54) is 11.1 Å². The minimum absolute atomic E-state index is 0.442. The molecule has 0 saturated heterocycles. The third-order valence-corrected chi connectivity index (χ3v) is 3.02. The Kier molecular flexibility index (Phi) is 1.89. The van der Waals surface area contributed by atoms with Crippen molar-refractivity contribution in [3.05, 3.63) is 53.7 Å². The molecule has 0 aliphatic carbocycles. The van der Waals surface area contributed by atoms with E-state index in [0.29, 0.717) is 0 Å². The van der Waals surface area contributed by atoms with Gasteiger partial charge in [0, 0.05) is 24.0 Å². The number of benzene rings is 1. The molecule has 1 unspecified atom stereocenters. The molecule has 2 heteroatoms. The van der Waals surface area contributed by atoms with Gasteiger partial charge in [-0.15, -0.1) is 0 Å². The van der Waals surface area contributed by atoms with E-state index in [0.717, 1.165) is 18.7 Å². The monoisotopic (exact) mass is 199 g/mol. The zero-order valence-corrected chi connectivity index (χ0v) is 8.43. The molecule has 15 heavy (non-hydrogen) atoms. The molecule has 2 nitrogen and oxygen atoms in total. The van der Waals surface area contributed by atoms with Crippen LogP contribution in [0.3, 0.4) is 0 Å². The number of aliphatic hydroxyl groups is 1. The van der Waals surface area contributed by atoms with Gasteiger partial charge in [0.1, 0.15) is 0 Å². The van der Waals surface area contributed by atoms with E-state index in [9.17, 15) is 5.11 Å². The first kappa shape index (κ1) is 8.74. The molecule has 1 aromatic carbocycles. The van der Waals surface area contributed by atoms with Crippen LogP contribution in [0.1, 0.15) is 11.1 Å². The first-order valence-corrected chi connectivity index (χ1v) is 5.28. The fraction of sp³-hybridized carbons (Fsp3) is 0.231. The summed E-state index contributed by atoms with van der Waals surface area (Å²) in [5, 5.41) is 9.58. The third-order valence-electron chi connectivity index (χ3n) is 3.02. The van der Waals surface area contributed by atoms with Crippen LogP contribution in [0.2, 0.25) is 0 Å². The molecule has 2 heterocycles. The lowest BCUT2D eigenvalue weighted by molar-refractivity contribution is 0.264. The standard InChI is InChI=1S/C13H13NO/c15-11-6-8-14-7-5-10-3-1-2-4-12(10)13(14)9-11/h1-4,6,8-9,11,15H,5,7H2. The molecule has 2 aliphatic rings. The van der Waals surface area contributed by atoms with Crippen LogP contribution in [0.4, 0.5) is 0 Å². The Morgan fingerprint density at radius 2 is 2.13 bits per heavy atom. The highest BCUT2D eigenvalue weighted by Crippen LogP contribution is 2.31. The van der Waals surface area contributed by atoms with Crippen molar-refractivity contribution in [1.29, 1.82) is 0 Å². The zero-order chi connectivity index (χ0) is 10.3. The maximum Gasteiger partial charge on any atom is 0.0942 e. The first-order valence-electron chi connectivity index (χ1n) is 5.28. The van der Waals surface area contributed by atoms with E-state index >= 15 is 0 Å². The van der Waals surface area contributed by atoms with E-state index in [1.807, 2.05) is 24.4 Å². The van der Waals surface area contributed by atoms with Crippen molar-refractivity contribution in [2.24, 2.45) is 0 Å². The molecule has 2 aliphatic heterocycles. The van der Waals surface area contributed by atoms with Crippen LogP contribution in [-0.4, -0.2) is 22.7 Å². The molecule has 0 amide bonds.